The van der Waals surface area contributed by atoms with Crippen LogP contribution >= 0.6 is 45.9 Å². The van der Waals surface area contributed by atoms with E-state index in [4.69, 9.17) is 27.9 Å². The van der Waals surface area contributed by atoms with Gasteiger partial charge in [-0.05, 0) is 17.5 Å². The highest BCUT2D eigenvalue weighted by atomic mass is 35.5. The first-order valence-corrected chi connectivity index (χ1v) is 8.61. The van der Waals surface area contributed by atoms with Gasteiger partial charge in [0, 0.05) is 11.6 Å². The minimum absolute atomic E-state index is 0.0982. The van der Waals surface area contributed by atoms with E-state index in [-0.39, 0.29) is 22.3 Å². The fourth-order valence-electron chi connectivity index (χ4n) is 1.64. The molecule has 0 bridgehead atoms. The van der Waals surface area contributed by atoms with E-state index in [1.54, 1.807) is 11.3 Å². The van der Waals surface area contributed by atoms with Gasteiger partial charge in [-0.1, -0.05) is 29.3 Å². The van der Waals surface area contributed by atoms with E-state index < -0.39 is 5.97 Å². The van der Waals surface area contributed by atoms with Crippen molar-refractivity contribution in [1.29, 1.82) is 0 Å². The van der Waals surface area contributed by atoms with Gasteiger partial charge in [-0.3, -0.25) is 0 Å². The standard InChI is InChI=1S/C14H8Cl2N2O2S2/c15-10-4-8(5-17-12(10)16)14(19)20-6-9-7-22-13(18-9)11-2-1-3-21-11/h1-5,7H,6H2. The molecule has 3 heterocycles. The number of thiophene rings is 1. The highest BCUT2D eigenvalue weighted by Crippen LogP contribution is 2.28. The van der Waals surface area contributed by atoms with Crippen LogP contribution in [-0.4, -0.2) is 15.9 Å². The molecular weight excluding hydrogens is 363 g/mol. The van der Waals surface area contributed by atoms with E-state index in [0.717, 1.165) is 9.88 Å². The second kappa shape index (κ2) is 6.75. The van der Waals surface area contributed by atoms with Gasteiger partial charge in [0.1, 0.15) is 16.8 Å². The minimum Gasteiger partial charge on any atom is -0.456 e. The van der Waals surface area contributed by atoms with E-state index in [1.165, 1.54) is 23.6 Å². The van der Waals surface area contributed by atoms with Crippen molar-refractivity contribution in [2.45, 2.75) is 6.61 Å². The predicted molar refractivity (Wildman–Crippen MR) is 88.8 cm³/mol. The van der Waals surface area contributed by atoms with Crippen molar-refractivity contribution >= 4 is 51.8 Å². The van der Waals surface area contributed by atoms with E-state index in [9.17, 15) is 4.79 Å². The summed E-state index contributed by atoms with van der Waals surface area (Å²) in [5.41, 5.74) is 0.956. The smallest absolute Gasteiger partial charge is 0.340 e. The molecule has 0 saturated heterocycles. The highest BCUT2D eigenvalue weighted by Gasteiger charge is 2.12. The molecular formula is C14H8Cl2N2O2S2. The zero-order valence-electron chi connectivity index (χ0n) is 11.0. The Bertz CT molecular complexity index is 803. The van der Waals surface area contributed by atoms with Gasteiger partial charge in [0.25, 0.3) is 0 Å². The summed E-state index contributed by atoms with van der Waals surface area (Å²) in [7, 11) is 0. The Morgan fingerprint density at radius 2 is 2.18 bits per heavy atom. The Labute approximate surface area is 144 Å². The molecule has 112 valence electrons. The van der Waals surface area contributed by atoms with Crippen LogP contribution < -0.4 is 0 Å². The van der Waals surface area contributed by atoms with Crippen molar-refractivity contribution in [3.8, 4) is 9.88 Å². The van der Waals surface area contributed by atoms with Crippen LogP contribution in [0.15, 0.2) is 35.2 Å². The number of carbonyl (C=O) groups is 1. The molecule has 0 fully saturated rings. The lowest BCUT2D eigenvalue weighted by Gasteiger charge is -2.03. The van der Waals surface area contributed by atoms with Crippen molar-refractivity contribution < 1.29 is 9.53 Å². The number of hydrogen-bond donors (Lipinski definition) is 0. The van der Waals surface area contributed by atoms with Gasteiger partial charge in [0.15, 0.2) is 0 Å². The molecule has 0 amide bonds. The zero-order chi connectivity index (χ0) is 15.5. The summed E-state index contributed by atoms with van der Waals surface area (Å²) in [5.74, 6) is -0.517. The summed E-state index contributed by atoms with van der Waals surface area (Å²) < 4.78 is 5.21. The molecule has 0 aliphatic carbocycles. The Hall–Kier alpha value is -1.47. The van der Waals surface area contributed by atoms with Crippen LogP contribution in [0.4, 0.5) is 0 Å². The molecule has 8 heteroatoms. The van der Waals surface area contributed by atoms with Gasteiger partial charge in [0.05, 0.1) is 21.2 Å². The number of rotatable bonds is 4. The fraction of sp³-hybridized carbons (Fsp3) is 0.0714. The summed E-state index contributed by atoms with van der Waals surface area (Å²) in [6.45, 7) is 0.0982. The summed E-state index contributed by atoms with van der Waals surface area (Å²) in [6, 6.07) is 5.40. The number of thiazole rings is 1. The van der Waals surface area contributed by atoms with Gasteiger partial charge in [0.2, 0.25) is 0 Å². The lowest BCUT2D eigenvalue weighted by molar-refractivity contribution is 0.0468. The molecule has 0 radical (unpaired) electrons. The number of halogens is 2. The van der Waals surface area contributed by atoms with Gasteiger partial charge >= 0.3 is 5.97 Å². The van der Waals surface area contributed by atoms with Crippen LogP contribution in [0.5, 0.6) is 0 Å². The second-order valence-corrected chi connectivity index (χ2v) is 6.77. The SMILES string of the molecule is O=C(OCc1csc(-c2cccs2)n1)c1cnc(Cl)c(Cl)c1. The molecule has 0 spiro atoms. The first kappa shape index (κ1) is 15.4. The van der Waals surface area contributed by atoms with Crippen LogP contribution in [0.25, 0.3) is 9.88 Å². The van der Waals surface area contributed by atoms with Gasteiger partial charge < -0.3 is 4.74 Å². The van der Waals surface area contributed by atoms with Crippen LogP contribution in [0.3, 0.4) is 0 Å². The summed E-state index contributed by atoms with van der Waals surface area (Å²) in [5, 5.41) is 5.14. The van der Waals surface area contributed by atoms with Gasteiger partial charge in [-0.25, -0.2) is 14.8 Å². The molecule has 0 N–H and O–H groups in total. The minimum atomic E-state index is -0.517. The molecule has 22 heavy (non-hydrogen) atoms. The lowest BCUT2D eigenvalue weighted by atomic mass is 10.3. The monoisotopic (exact) mass is 370 g/mol. The van der Waals surface area contributed by atoms with E-state index in [2.05, 4.69) is 9.97 Å². The highest BCUT2D eigenvalue weighted by molar-refractivity contribution is 7.20. The van der Waals surface area contributed by atoms with E-state index in [1.807, 2.05) is 22.9 Å². The van der Waals surface area contributed by atoms with Crippen LogP contribution in [0.2, 0.25) is 10.2 Å². The van der Waals surface area contributed by atoms with Gasteiger partial charge in [-0.15, -0.1) is 22.7 Å². The summed E-state index contributed by atoms with van der Waals surface area (Å²) in [4.78, 5) is 21.3. The number of ether oxygens (including phenoxy) is 1. The molecule has 3 aromatic rings. The third kappa shape index (κ3) is 3.47. The molecule has 0 aliphatic rings. The largest absolute Gasteiger partial charge is 0.456 e. The van der Waals surface area contributed by atoms with Crippen molar-refractivity contribution in [2.24, 2.45) is 0 Å². The topological polar surface area (TPSA) is 52.1 Å². The molecule has 3 aromatic heterocycles. The molecule has 0 atom stereocenters. The van der Waals surface area contributed by atoms with Crippen molar-refractivity contribution in [1.82, 2.24) is 9.97 Å². The van der Waals surface area contributed by atoms with Crippen molar-refractivity contribution in [3.63, 3.8) is 0 Å². The zero-order valence-corrected chi connectivity index (χ0v) is 14.1. The molecule has 0 saturated carbocycles. The normalized spacial score (nSPS) is 10.6. The third-order valence-electron chi connectivity index (χ3n) is 2.67. The third-order valence-corrected chi connectivity index (χ3v) is 5.28. The Balaban J connectivity index is 1.65. The average Bonchev–Trinajstić information content (AvgIpc) is 3.18. The van der Waals surface area contributed by atoms with Crippen molar-refractivity contribution in [2.75, 3.05) is 0 Å². The van der Waals surface area contributed by atoms with Crippen LogP contribution in [-0.2, 0) is 11.3 Å². The Morgan fingerprint density at radius 3 is 2.91 bits per heavy atom. The molecule has 3 rings (SSSR count). The number of hydrogen-bond acceptors (Lipinski definition) is 6. The molecule has 0 aromatic carbocycles. The summed E-state index contributed by atoms with van der Waals surface area (Å²) >= 11 is 14.7. The number of aromatic nitrogens is 2. The molecule has 0 unspecified atom stereocenters. The average molecular weight is 371 g/mol. The van der Waals surface area contributed by atoms with Gasteiger partial charge in [-0.2, -0.15) is 0 Å². The van der Waals surface area contributed by atoms with Crippen LogP contribution in [0.1, 0.15) is 16.1 Å². The maximum atomic E-state index is 11.9. The van der Waals surface area contributed by atoms with Crippen molar-refractivity contribution in [3.05, 3.63) is 56.6 Å². The molecule has 4 nitrogen and oxygen atoms in total. The first-order valence-electron chi connectivity index (χ1n) is 6.10. The maximum Gasteiger partial charge on any atom is 0.340 e. The first-order chi connectivity index (χ1) is 10.6. The van der Waals surface area contributed by atoms with E-state index >= 15 is 0 Å². The lowest BCUT2D eigenvalue weighted by Crippen LogP contribution is -2.06. The number of carbonyl (C=O) groups excluding carboxylic acids is 1. The predicted octanol–water partition coefficient (Wildman–Crippen LogP) is 4.93. The number of nitrogens with zero attached hydrogens (tertiary/aromatic N) is 2. The fourth-order valence-corrected chi connectivity index (χ4v) is 3.53. The number of pyridine rings is 1. The Kier molecular flexibility index (Phi) is 4.73. The Morgan fingerprint density at radius 1 is 1.32 bits per heavy atom. The maximum absolute atomic E-state index is 11.9. The molecule has 0 aliphatic heterocycles. The van der Waals surface area contributed by atoms with E-state index in [0.29, 0.717) is 5.69 Å². The second-order valence-electron chi connectivity index (χ2n) is 4.19. The van der Waals surface area contributed by atoms with Crippen LogP contribution in [0, 0.1) is 0 Å². The quantitative estimate of drug-likeness (QED) is 0.482. The summed E-state index contributed by atoms with van der Waals surface area (Å²) in [6.07, 6.45) is 1.33. The number of esters is 1.